The van der Waals surface area contributed by atoms with Crippen molar-refractivity contribution in [2.75, 3.05) is 6.61 Å². The molecule has 0 bridgehead atoms. The molecular formula is C24H42O3. The van der Waals surface area contributed by atoms with Gasteiger partial charge in [0.15, 0.2) is 0 Å². The minimum Gasteiger partial charge on any atom is -0.396 e. The molecule has 0 saturated heterocycles. The third-order valence-electron chi connectivity index (χ3n) is 5.59. The third-order valence-corrected chi connectivity index (χ3v) is 5.59. The van der Waals surface area contributed by atoms with Gasteiger partial charge in [0.05, 0.1) is 12.2 Å². The first-order chi connectivity index (χ1) is 13.2. The van der Waals surface area contributed by atoms with E-state index in [1.165, 1.54) is 32.1 Å². The van der Waals surface area contributed by atoms with Gasteiger partial charge in [0, 0.05) is 6.61 Å². The predicted molar refractivity (Wildman–Crippen MR) is 115 cm³/mol. The predicted octanol–water partition coefficient (Wildman–Crippen LogP) is 5.32. The zero-order valence-electron chi connectivity index (χ0n) is 17.3. The second-order valence-corrected chi connectivity index (χ2v) is 7.95. The Morgan fingerprint density at radius 3 is 2.37 bits per heavy atom. The van der Waals surface area contributed by atoms with Crippen molar-refractivity contribution >= 4 is 0 Å². The molecule has 0 heterocycles. The average Bonchev–Trinajstić information content (AvgIpc) is 2.68. The van der Waals surface area contributed by atoms with E-state index in [1.54, 1.807) is 0 Å². The fourth-order valence-corrected chi connectivity index (χ4v) is 3.83. The Morgan fingerprint density at radius 1 is 0.889 bits per heavy atom. The summed E-state index contributed by atoms with van der Waals surface area (Å²) in [5.41, 5.74) is 0. The molecule has 1 aliphatic carbocycles. The van der Waals surface area contributed by atoms with Gasteiger partial charge < -0.3 is 15.3 Å². The first kappa shape index (κ1) is 24.1. The summed E-state index contributed by atoms with van der Waals surface area (Å²) < 4.78 is 0. The molecular weight excluding hydrogens is 336 g/mol. The van der Waals surface area contributed by atoms with Crippen LogP contribution in [0.25, 0.3) is 0 Å². The van der Waals surface area contributed by atoms with Crippen molar-refractivity contribution in [2.45, 2.75) is 96.2 Å². The van der Waals surface area contributed by atoms with Crippen LogP contribution in [0.2, 0.25) is 0 Å². The molecule has 0 fully saturated rings. The van der Waals surface area contributed by atoms with Gasteiger partial charge in [-0.3, -0.25) is 0 Å². The summed E-state index contributed by atoms with van der Waals surface area (Å²) in [6.45, 7) is 2.43. The molecule has 156 valence electrons. The molecule has 4 unspecified atom stereocenters. The molecule has 0 aromatic rings. The highest BCUT2D eigenvalue weighted by molar-refractivity contribution is 5.10. The maximum absolute atomic E-state index is 10.5. The fraction of sp³-hybridized carbons (Fsp3) is 0.750. The first-order valence-corrected chi connectivity index (χ1v) is 11.2. The van der Waals surface area contributed by atoms with Gasteiger partial charge in [-0.05, 0) is 50.4 Å². The molecule has 27 heavy (non-hydrogen) atoms. The topological polar surface area (TPSA) is 60.7 Å². The molecule has 3 heteroatoms. The van der Waals surface area contributed by atoms with Crippen molar-refractivity contribution in [3.63, 3.8) is 0 Å². The van der Waals surface area contributed by atoms with Crippen molar-refractivity contribution < 1.29 is 15.3 Å². The quantitative estimate of drug-likeness (QED) is 0.205. The summed E-state index contributed by atoms with van der Waals surface area (Å²) in [5.74, 6) is 0.603. The molecule has 3 N–H and O–H groups in total. The van der Waals surface area contributed by atoms with Gasteiger partial charge in [-0.25, -0.2) is 0 Å². The van der Waals surface area contributed by atoms with Gasteiger partial charge in [-0.15, -0.1) is 0 Å². The number of hydrogen-bond donors (Lipinski definition) is 3. The van der Waals surface area contributed by atoms with Crippen molar-refractivity contribution in [2.24, 2.45) is 11.8 Å². The Morgan fingerprint density at radius 2 is 1.59 bits per heavy atom. The summed E-state index contributed by atoms with van der Waals surface area (Å²) >= 11 is 0. The second-order valence-electron chi connectivity index (χ2n) is 7.95. The van der Waals surface area contributed by atoms with Crippen LogP contribution in [0.1, 0.15) is 84.0 Å². The van der Waals surface area contributed by atoms with Gasteiger partial charge >= 0.3 is 0 Å². The van der Waals surface area contributed by atoms with E-state index in [9.17, 15) is 10.2 Å². The van der Waals surface area contributed by atoms with Crippen LogP contribution in [-0.2, 0) is 0 Å². The lowest BCUT2D eigenvalue weighted by atomic mass is 9.78. The van der Waals surface area contributed by atoms with Crippen molar-refractivity contribution in [1.82, 2.24) is 0 Å². The number of hydrogen-bond acceptors (Lipinski definition) is 3. The van der Waals surface area contributed by atoms with Crippen molar-refractivity contribution in [1.29, 1.82) is 0 Å². The molecule has 3 nitrogen and oxygen atoms in total. The van der Waals surface area contributed by atoms with Gasteiger partial charge in [-0.2, -0.15) is 0 Å². The smallest absolute Gasteiger partial charge is 0.0723 e. The summed E-state index contributed by atoms with van der Waals surface area (Å²) in [6.07, 6.45) is 24.4. The van der Waals surface area contributed by atoms with E-state index >= 15 is 0 Å². The van der Waals surface area contributed by atoms with Crippen LogP contribution in [0.4, 0.5) is 0 Å². The van der Waals surface area contributed by atoms with E-state index in [2.05, 4.69) is 25.2 Å². The van der Waals surface area contributed by atoms with Crippen LogP contribution in [0.15, 0.2) is 36.5 Å². The van der Waals surface area contributed by atoms with Gasteiger partial charge in [0.2, 0.25) is 0 Å². The number of rotatable bonds is 15. The van der Waals surface area contributed by atoms with Crippen LogP contribution in [-0.4, -0.2) is 34.1 Å². The lowest BCUT2D eigenvalue weighted by Gasteiger charge is -2.30. The normalized spacial score (nSPS) is 22.7. The van der Waals surface area contributed by atoms with E-state index in [0.29, 0.717) is 5.92 Å². The maximum Gasteiger partial charge on any atom is 0.0723 e. The highest BCUT2D eigenvalue weighted by atomic mass is 16.3. The largest absolute Gasteiger partial charge is 0.396 e. The highest BCUT2D eigenvalue weighted by Gasteiger charge is 2.26. The van der Waals surface area contributed by atoms with Crippen LogP contribution in [0.5, 0.6) is 0 Å². The summed E-state index contributed by atoms with van der Waals surface area (Å²) in [7, 11) is 0. The minimum atomic E-state index is -0.355. The molecule has 1 aliphatic rings. The Balaban J connectivity index is 2.31. The number of aliphatic hydroxyl groups excluding tert-OH is 3. The molecule has 4 atom stereocenters. The van der Waals surface area contributed by atoms with Crippen LogP contribution >= 0.6 is 0 Å². The Bertz CT molecular complexity index is 427. The lowest BCUT2D eigenvalue weighted by molar-refractivity contribution is 0.0717. The Hall–Kier alpha value is -0.900. The standard InChI is InChI=1S/C24H42O3/c1-2-3-4-5-6-7-16-22(26)17-10-8-14-21-15-9-11-18-23(21)24(27)19-12-13-20-25/h8-11,14,17,21-27H,2-7,12-13,15-16,18-20H2,1H3/b14-8+,17-10+. The van der Waals surface area contributed by atoms with E-state index in [1.807, 2.05) is 18.2 Å². The molecule has 0 aromatic carbocycles. The van der Waals surface area contributed by atoms with Gasteiger partial charge in [0.1, 0.15) is 0 Å². The monoisotopic (exact) mass is 378 g/mol. The van der Waals surface area contributed by atoms with E-state index in [4.69, 9.17) is 5.11 Å². The summed E-state index contributed by atoms with van der Waals surface area (Å²) in [4.78, 5) is 0. The second kappa shape index (κ2) is 16.1. The molecule has 0 spiro atoms. The summed E-state index contributed by atoms with van der Waals surface area (Å²) in [5, 5.41) is 29.4. The van der Waals surface area contributed by atoms with Crippen LogP contribution in [0.3, 0.4) is 0 Å². The fourth-order valence-electron chi connectivity index (χ4n) is 3.83. The zero-order chi connectivity index (χ0) is 19.7. The Labute approximate surface area is 166 Å². The van der Waals surface area contributed by atoms with Crippen molar-refractivity contribution in [3.05, 3.63) is 36.5 Å². The van der Waals surface area contributed by atoms with E-state index < -0.39 is 0 Å². The average molecular weight is 379 g/mol. The third kappa shape index (κ3) is 11.5. The molecule has 0 amide bonds. The molecule has 0 aromatic heterocycles. The van der Waals surface area contributed by atoms with E-state index in [0.717, 1.165) is 44.9 Å². The molecule has 1 rings (SSSR count). The maximum atomic E-state index is 10.5. The van der Waals surface area contributed by atoms with Crippen LogP contribution < -0.4 is 0 Å². The van der Waals surface area contributed by atoms with Crippen LogP contribution in [0, 0.1) is 11.8 Å². The Kier molecular flexibility index (Phi) is 14.4. The van der Waals surface area contributed by atoms with Crippen molar-refractivity contribution in [3.8, 4) is 0 Å². The zero-order valence-corrected chi connectivity index (χ0v) is 17.3. The minimum absolute atomic E-state index is 0.201. The summed E-state index contributed by atoms with van der Waals surface area (Å²) in [6, 6.07) is 0. The van der Waals surface area contributed by atoms with Gasteiger partial charge in [0.25, 0.3) is 0 Å². The van der Waals surface area contributed by atoms with Gasteiger partial charge in [-0.1, -0.05) is 81.9 Å². The molecule has 0 saturated carbocycles. The molecule has 0 radical (unpaired) electrons. The number of aliphatic hydroxyl groups is 3. The SMILES string of the molecule is CCCCCCCCC(O)/C=C/C=C/C1CC=CCC1C(O)CCCCO. The van der Waals surface area contributed by atoms with E-state index in [-0.39, 0.29) is 24.7 Å². The lowest BCUT2D eigenvalue weighted by Crippen LogP contribution is -2.28. The number of allylic oxidation sites excluding steroid dienone is 5. The number of unbranched alkanes of at least 4 members (excludes halogenated alkanes) is 6. The highest BCUT2D eigenvalue weighted by Crippen LogP contribution is 2.31. The molecule has 0 aliphatic heterocycles. The first-order valence-electron chi connectivity index (χ1n) is 11.2.